The molecule has 3 unspecified atom stereocenters. The maximum atomic E-state index is 13.9. The lowest BCUT2D eigenvalue weighted by Gasteiger charge is -2.42. The molecule has 1 saturated heterocycles. The predicted octanol–water partition coefficient (Wildman–Crippen LogP) is 2.95. The van der Waals surface area contributed by atoms with Crippen molar-refractivity contribution >= 4 is 0 Å². The summed E-state index contributed by atoms with van der Waals surface area (Å²) in [7, 11) is 0. The molecule has 0 amide bonds. The second kappa shape index (κ2) is 5.81. The average molecular weight is 250 g/mol. The minimum atomic E-state index is -0.140. The van der Waals surface area contributed by atoms with E-state index in [0.29, 0.717) is 18.5 Å². The molecule has 1 fully saturated rings. The van der Waals surface area contributed by atoms with Gasteiger partial charge in [0.15, 0.2) is 0 Å². The van der Waals surface area contributed by atoms with Crippen LogP contribution in [0.1, 0.15) is 38.3 Å². The van der Waals surface area contributed by atoms with E-state index in [9.17, 15) is 4.39 Å². The van der Waals surface area contributed by atoms with Gasteiger partial charge in [0.05, 0.1) is 6.04 Å². The molecule has 0 bridgehead atoms. The van der Waals surface area contributed by atoms with Gasteiger partial charge in [0.2, 0.25) is 0 Å². The molecular weight excluding hydrogens is 227 g/mol. The first-order valence-corrected chi connectivity index (χ1v) is 6.83. The second-order valence-electron chi connectivity index (χ2n) is 5.50. The Labute approximate surface area is 109 Å². The molecule has 0 aromatic heterocycles. The van der Waals surface area contributed by atoms with E-state index in [2.05, 4.69) is 18.7 Å². The monoisotopic (exact) mass is 250 g/mol. The van der Waals surface area contributed by atoms with Gasteiger partial charge in [-0.2, -0.15) is 0 Å². The molecule has 1 heterocycles. The zero-order valence-electron chi connectivity index (χ0n) is 11.3. The summed E-state index contributed by atoms with van der Waals surface area (Å²) >= 11 is 0. The summed E-state index contributed by atoms with van der Waals surface area (Å²) in [6.07, 6.45) is 2.43. The van der Waals surface area contributed by atoms with E-state index in [-0.39, 0.29) is 11.9 Å². The molecule has 3 heteroatoms. The van der Waals surface area contributed by atoms with E-state index in [1.807, 2.05) is 12.1 Å². The first-order valence-electron chi connectivity index (χ1n) is 6.83. The fourth-order valence-corrected chi connectivity index (χ4v) is 2.94. The van der Waals surface area contributed by atoms with Crippen molar-refractivity contribution in [1.29, 1.82) is 0 Å². The number of nitrogens with two attached hydrogens (primary N) is 1. The summed E-state index contributed by atoms with van der Waals surface area (Å²) < 4.78 is 13.9. The Balaban J connectivity index is 2.25. The van der Waals surface area contributed by atoms with Crippen molar-refractivity contribution in [3.05, 3.63) is 35.6 Å². The van der Waals surface area contributed by atoms with Crippen LogP contribution in [0.4, 0.5) is 4.39 Å². The molecule has 2 nitrogen and oxygen atoms in total. The Hall–Kier alpha value is -0.930. The molecule has 1 aliphatic rings. The van der Waals surface area contributed by atoms with Crippen LogP contribution in [0.2, 0.25) is 0 Å². The van der Waals surface area contributed by atoms with Gasteiger partial charge >= 0.3 is 0 Å². The highest BCUT2D eigenvalue weighted by Gasteiger charge is 2.30. The molecule has 0 radical (unpaired) electrons. The molecule has 3 atom stereocenters. The zero-order valence-corrected chi connectivity index (χ0v) is 11.3. The number of nitrogens with zero attached hydrogens (tertiary/aromatic N) is 1. The number of halogens is 1. The molecule has 0 saturated carbocycles. The third kappa shape index (κ3) is 2.73. The number of likely N-dealkylation sites (tertiary alicyclic amines) is 1. The van der Waals surface area contributed by atoms with Gasteiger partial charge in [0.25, 0.3) is 0 Å². The minimum absolute atomic E-state index is 0.00366. The summed E-state index contributed by atoms with van der Waals surface area (Å²) in [5, 5.41) is 0. The maximum absolute atomic E-state index is 13.9. The first kappa shape index (κ1) is 13.5. The van der Waals surface area contributed by atoms with Gasteiger partial charge in [-0.05, 0) is 31.7 Å². The Morgan fingerprint density at radius 3 is 2.72 bits per heavy atom. The standard InChI is InChI=1S/C15H23FN2/c1-11-7-8-12(2)18(10-11)15(9-17)13-5-3-4-6-14(13)16/h3-6,11-12,15H,7-10,17H2,1-2H3. The van der Waals surface area contributed by atoms with Crippen molar-refractivity contribution in [2.24, 2.45) is 11.7 Å². The van der Waals surface area contributed by atoms with E-state index in [1.165, 1.54) is 18.9 Å². The summed E-state index contributed by atoms with van der Waals surface area (Å²) in [5.41, 5.74) is 6.64. The Bertz CT molecular complexity index is 394. The van der Waals surface area contributed by atoms with Crippen LogP contribution in [0.25, 0.3) is 0 Å². The summed E-state index contributed by atoms with van der Waals surface area (Å²) in [4.78, 5) is 2.37. The van der Waals surface area contributed by atoms with E-state index < -0.39 is 0 Å². The Morgan fingerprint density at radius 2 is 2.06 bits per heavy atom. The van der Waals surface area contributed by atoms with Gasteiger partial charge in [-0.15, -0.1) is 0 Å². The lowest BCUT2D eigenvalue weighted by atomic mass is 9.91. The Morgan fingerprint density at radius 1 is 1.33 bits per heavy atom. The molecule has 18 heavy (non-hydrogen) atoms. The van der Waals surface area contributed by atoms with Gasteiger partial charge in [0, 0.05) is 24.7 Å². The fraction of sp³-hybridized carbons (Fsp3) is 0.600. The predicted molar refractivity (Wildman–Crippen MR) is 72.8 cm³/mol. The van der Waals surface area contributed by atoms with E-state index in [0.717, 1.165) is 12.1 Å². The van der Waals surface area contributed by atoms with Crippen molar-refractivity contribution in [3.63, 3.8) is 0 Å². The topological polar surface area (TPSA) is 29.3 Å². The molecule has 1 aromatic carbocycles. The van der Waals surface area contributed by atoms with E-state index in [4.69, 9.17) is 5.73 Å². The van der Waals surface area contributed by atoms with Crippen LogP contribution in [-0.4, -0.2) is 24.0 Å². The third-order valence-corrected chi connectivity index (χ3v) is 4.05. The van der Waals surface area contributed by atoms with Crippen LogP contribution in [-0.2, 0) is 0 Å². The van der Waals surface area contributed by atoms with Crippen molar-refractivity contribution < 1.29 is 4.39 Å². The lowest BCUT2D eigenvalue weighted by Crippen LogP contribution is -2.45. The van der Waals surface area contributed by atoms with Crippen molar-refractivity contribution in [3.8, 4) is 0 Å². The highest BCUT2D eigenvalue weighted by atomic mass is 19.1. The molecule has 100 valence electrons. The molecular formula is C15H23FN2. The second-order valence-corrected chi connectivity index (χ2v) is 5.50. The number of rotatable bonds is 3. The van der Waals surface area contributed by atoms with E-state index in [1.54, 1.807) is 6.07 Å². The van der Waals surface area contributed by atoms with Gasteiger partial charge in [-0.3, -0.25) is 4.90 Å². The quantitative estimate of drug-likeness (QED) is 0.893. The summed E-state index contributed by atoms with van der Waals surface area (Å²) in [5.74, 6) is 0.528. The minimum Gasteiger partial charge on any atom is -0.329 e. The summed E-state index contributed by atoms with van der Waals surface area (Å²) in [6, 6.07) is 7.49. The molecule has 0 aliphatic carbocycles. The highest BCUT2D eigenvalue weighted by Crippen LogP contribution is 2.31. The van der Waals surface area contributed by atoms with Gasteiger partial charge < -0.3 is 5.73 Å². The van der Waals surface area contributed by atoms with Crippen LogP contribution >= 0.6 is 0 Å². The highest BCUT2D eigenvalue weighted by molar-refractivity contribution is 5.22. The zero-order chi connectivity index (χ0) is 13.1. The fourth-order valence-electron chi connectivity index (χ4n) is 2.94. The number of piperidine rings is 1. The van der Waals surface area contributed by atoms with Crippen LogP contribution in [0.3, 0.4) is 0 Å². The lowest BCUT2D eigenvalue weighted by molar-refractivity contribution is 0.0782. The van der Waals surface area contributed by atoms with Crippen molar-refractivity contribution in [1.82, 2.24) is 4.90 Å². The van der Waals surface area contributed by atoms with Crippen LogP contribution < -0.4 is 5.73 Å². The van der Waals surface area contributed by atoms with E-state index >= 15 is 0 Å². The molecule has 2 N–H and O–H groups in total. The molecule has 2 rings (SSSR count). The first-order chi connectivity index (χ1) is 8.63. The maximum Gasteiger partial charge on any atom is 0.128 e. The molecule has 0 spiro atoms. The van der Waals surface area contributed by atoms with Crippen molar-refractivity contribution in [2.75, 3.05) is 13.1 Å². The third-order valence-electron chi connectivity index (χ3n) is 4.05. The number of hydrogen-bond acceptors (Lipinski definition) is 2. The smallest absolute Gasteiger partial charge is 0.128 e. The normalized spacial score (nSPS) is 27.1. The Kier molecular flexibility index (Phi) is 4.36. The van der Waals surface area contributed by atoms with Crippen molar-refractivity contribution in [2.45, 2.75) is 38.8 Å². The van der Waals surface area contributed by atoms with Crippen LogP contribution in [0.5, 0.6) is 0 Å². The summed E-state index contributed by atoms with van der Waals surface area (Å²) in [6.45, 7) is 5.96. The molecule has 1 aliphatic heterocycles. The van der Waals surface area contributed by atoms with Crippen LogP contribution in [0.15, 0.2) is 24.3 Å². The van der Waals surface area contributed by atoms with Gasteiger partial charge in [-0.25, -0.2) is 4.39 Å². The largest absolute Gasteiger partial charge is 0.329 e. The average Bonchev–Trinajstić information content (AvgIpc) is 2.36. The van der Waals surface area contributed by atoms with Gasteiger partial charge in [-0.1, -0.05) is 25.1 Å². The van der Waals surface area contributed by atoms with Crippen LogP contribution in [0, 0.1) is 11.7 Å². The number of hydrogen-bond donors (Lipinski definition) is 1. The SMILES string of the molecule is CC1CCC(C)N(C(CN)c2ccccc2F)C1. The number of benzene rings is 1. The molecule has 1 aromatic rings. The van der Waals surface area contributed by atoms with Gasteiger partial charge in [0.1, 0.15) is 5.82 Å².